The van der Waals surface area contributed by atoms with Gasteiger partial charge in [-0.2, -0.15) is 0 Å². The van der Waals surface area contributed by atoms with Gasteiger partial charge in [0.2, 0.25) is 0 Å². The quantitative estimate of drug-likeness (QED) is 0.920. The highest BCUT2D eigenvalue weighted by Crippen LogP contribution is 2.27. The average Bonchev–Trinajstić information content (AvgIpc) is 2.67. The van der Waals surface area contributed by atoms with Crippen molar-refractivity contribution in [2.75, 3.05) is 32.1 Å². The second-order valence-electron chi connectivity index (χ2n) is 6.90. The van der Waals surface area contributed by atoms with Gasteiger partial charge < -0.3 is 15.1 Å². The molecular formula is C21H27N3O. The van der Waals surface area contributed by atoms with Crippen molar-refractivity contribution in [2.24, 2.45) is 0 Å². The zero-order valence-corrected chi connectivity index (χ0v) is 15.1. The summed E-state index contributed by atoms with van der Waals surface area (Å²) in [5.41, 5.74) is 3.66. The third-order valence-electron chi connectivity index (χ3n) is 4.92. The van der Waals surface area contributed by atoms with E-state index in [2.05, 4.69) is 58.7 Å². The molecule has 3 rings (SSSR count). The van der Waals surface area contributed by atoms with Gasteiger partial charge in [-0.25, -0.2) is 4.79 Å². The third kappa shape index (κ3) is 4.53. The molecule has 2 aromatic carbocycles. The molecule has 1 N–H and O–H groups in total. The number of rotatable bonds is 4. The summed E-state index contributed by atoms with van der Waals surface area (Å²) in [5, 5.41) is 3.06. The number of carbonyl (C=O) groups is 1. The van der Waals surface area contributed by atoms with Crippen LogP contribution in [0.3, 0.4) is 0 Å². The first-order valence-corrected chi connectivity index (χ1v) is 8.97. The first kappa shape index (κ1) is 17.3. The Balaban J connectivity index is 1.49. The van der Waals surface area contributed by atoms with Crippen molar-refractivity contribution in [3.63, 3.8) is 0 Å². The fourth-order valence-corrected chi connectivity index (χ4v) is 3.38. The van der Waals surface area contributed by atoms with Gasteiger partial charge in [0, 0.05) is 39.4 Å². The number of likely N-dealkylation sites (tertiary alicyclic amines) is 1. The number of amides is 2. The van der Waals surface area contributed by atoms with E-state index in [0.29, 0.717) is 12.5 Å². The maximum atomic E-state index is 12.4. The van der Waals surface area contributed by atoms with Gasteiger partial charge >= 0.3 is 6.03 Å². The van der Waals surface area contributed by atoms with Crippen LogP contribution < -0.4 is 10.2 Å². The highest BCUT2D eigenvalue weighted by atomic mass is 16.2. The Bertz CT molecular complexity index is 691. The van der Waals surface area contributed by atoms with Crippen LogP contribution in [0, 0.1) is 0 Å². The van der Waals surface area contributed by atoms with Crippen molar-refractivity contribution in [2.45, 2.75) is 25.3 Å². The second-order valence-corrected chi connectivity index (χ2v) is 6.90. The SMILES string of the molecule is CN(C)c1cccc(CNC(=O)N2CCC(c3ccccc3)CC2)c1. The molecule has 0 unspecified atom stereocenters. The fraction of sp³-hybridized carbons (Fsp3) is 0.381. The van der Waals surface area contributed by atoms with Crippen LogP contribution in [-0.4, -0.2) is 38.1 Å². The largest absolute Gasteiger partial charge is 0.378 e. The summed E-state index contributed by atoms with van der Waals surface area (Å²) in [7, 11) is 4.04. The van der Waals surface area contributed by atoms with Crippen LogP contribution in [0.4, 0.5) is 10.5 Å². The molecule has 0 aromatic heterocycles. The summed E-state index contributed by atoms with van der Waals surface area (Å²) in [6.07, 6.45) is 2.07. The van der Waals surface area contributed by atoms with Crippen LogP contribution in [0.1, 0.15) is 29.9 Å². The van der Waals surface area contributed by atoms with E-state index >= 15 is 0 Å². The number of piperidine rings is 1. The van der Waals surface area contributed by atoms with Gasteiger partial charge in [-0.1, -0.05) is 42.5 Å². The molecule has 1 fully saturated rings. The molecule has 4 heteroatoms. The molecule has 1 aliphatic heterocycles. The van der Waals surface area contributed by atoms with Gasteiger partial charge in [-0.3, -0.25) is 0 Å². The Hall–Kier alpha value is -2.49. The number of hydrogen-bond acceptors (Lipinski definition) is 2. The first-order valence-electron chi connectivity index (χ1n) is 8.97. The van der Waals surface area contributed by atoms with E-state index in [-0.39, 0.29) is 6.03 Å². The molecule has 0 radical (unpaired) electrons. The monoisotopic (exact) mass is 337 g/mol. The lowest BCUT2D eigenvalue weighted by atomic mass is 9.90. The zero-order chi connectivity index (χ0) is 17.6. The van der Waals surface area contributed by atoms with Crippen molar-refractivity contribution in [3.8, 4) is 0 Å². The second kappa shape index (κ2) is 8.06. The summed E-state index contributed by atoms with van der Waals surface area (Å²) in [4.78, 5) is 16.4. The van der Waals surface area contributed by atoms with Gasteiger partial charge in [0.25, 0.3) is 0 Å². The van der Waals surface area contributed by atoms with Crippen molar-refractivity contribution in [3.05, 3.63) is 65.7 Å². The predicted molar refractivity (Wildman–Crippen MR) is 103 cm³/mol. The molecule has 0 bridgehead atoms. The molecule has 1 saturated heterocycles. The van der Waals surface area contributed by atoms with Gasteiger partial charge in [0.05, 0.1) is 0 Å². The standard InChI is InChI=1S/C21H27N3O/c1-23(2)20-10-6-7-17(15-20)16-22-21(25)24-13-11-19(12-14-24)18-8-4-3-5-9-18/h3-10,15,19H,11-14,16H2,1-2H3,(H,22,25). The number of nitrogens with zero attached hydrogens (tertiary/aromatic N) is 2. The lowest BCUT2D eigenvalue weighted by Crippen LogP contribution is -2.43. The Morgan fingerprint density at radius 1 is 1.08 bits per heavy atom. The number of urea groups is 1. The Morgan fingerprint density at radius 3 is 2.48 bits per heavy atom. The van der Waals surface area contributed by atoms with E-state index in [1.807, 2.05) is 25.1 Å². The van der Waals surface area contributed by atoms with Crippen molar-refractivity contribution in [1.82, 2.24) is 10.2 Å². The molecular weight excluding hydrogens is 310 g/mol. The molecule has 0 aliphatic carbocycles. The molecule has 0 spiro atoms. The molecule has 0 saturated carbocycles. The minimum absolute atomic E-state index is 0.0433. The Kier molecular flexibility index (Phi) is 5.59. The highest BCUT2D eigenvalue weighted by Gasteiger charge is 2.23. The van der Waals surface area contributed by atoms with E-state index in [4.69, 9.17) is 0 Å². The van der Waals surface area contributed by atoms with Crippen molar-refractivity contribution >= 4 is 11.7 Å². The number of benzene rings is 2. The van der Waals surface area contributed by atoms with Gasteiger partial charge in [0.1, 0.15) is 0 Å². The maximum Gasteiger partial charge on any atom is 0.317 e. The summed E-state index contributed by atoms with van der Waals surface area (Å²) in [6, 6.07) is 18.9. The summed E-state index contributed by atoms with van der Waals surface area (Å²) in [6.45, 7) is 2.21. The van der Waals surface area contributed by atoms with Crippen molar-refractivity contribution in [1.29, 1.82) is 0 Å². The smallest absolute Gasteiger partial charge is 0.317 e. The molecule has 2 aromatic rings. The normalized spacial score (nSPS) is 15.0. The number of carbonyl (C=O) groups excluding carboxylic acids is 1. The molecule has 132 valence electrons. The highest BCUT2D eigenvalue weighted by molar-refractivity contribution is 5.74. The minimum Gasteiger partial charge on any atom is -0.378 e. The predicted octanol–water partition coefficient (Wildman–Crippen LogP) is 3.84. The van der Waals surface area contributed by atoms with Gasteiger partial charge in [0.15, 0.2) is 0 Å². The number of hydrogen-bond donors (Lipinski definition) is 1. The molecule has 4 nitrogen and oxygen atoms in total. The van der Waals surface area contributed by atoms with Gasteiger partial charge in [-0.15, -0.1) is 0 Å². The summed E-state index contributed by atoms with van der Waals surface area (Å²) < 4.78 is 0. The van der Waals surface area contributed by atoms with Crippen LogP contribution >= 0.6 is 0 Å². The third-order valence-corrected chi connectivity index (χ3v) is 4.92. The fourth-order valence-electron chi connectivity index (χ4n) is 3.38. The first-order chi connectivity index (χ1) is 12.1. The topological polar surface area (TPSA) is 35.6 Å². The summed E-state index contributed by atoms with van der Waals surface area (Å²) >= 11 is 0. The average molecular weight is 337 g/mol. The van der Waals surface area contributed by atoms with Gasteiger partial charge in [-0.05, 0) is 42.0 Å². The van der Waals surface area contributed by atoms with Crippen LogP contribution in [0.5, 0.6) is 0 Å². The molecule has 1 aliphatic rings. The number of nitrogens with one attached hydrogen (secondary N) is 1. The molecule has 1 heterocycles. The van der Waals surface area contributed by atoms with E-state index < -0.39 is 0 Å². The Morgan fingerprint density at radius 2 is 1.80 bits per heavy atom. The molecule has 0 atom stereocenters. The summed E-state index contributed by atoms with van der Waals surface area (Å²) in [5.74, 6) is 0.571. The lowest BCUT2D eigenvalue weighted by Gasteiger charge is -2.32. The van der Waals surface area contributed by atoms with E-state index in [0.717, 1.165) is 37.2 Å². The van der Waals surface area contributed by atoms with Crippen LogP contribution in [0.15, 0.2) is 54.6 Å². The van der Waals surface area contributed by atoms with E-state index in [1.165, 1.54) is 5.56 Å². The molecule has 2 amide bonds. The van der Waals surface area contributed by atoms with Crippen LogP contribution in [-0.2, 0) is 6.54 Å². The van der Waals surface area contributed by atoms with Crippen LogP contribution in [0.25, 0.3) is 0 Å². The molecule has 25 heavy (non-hydrogen) atoms. The maximum absolute atomic E-state index is 12.4. The zero-order valence-electron chi connectivity index (χ0n) is 15.1. The van der Waals surface area contributed by atoms with E-state index in [1.54, 1.807) is 0 Å². The van der Waals surface area contributed by atoms with E-state index in [9.17, 15) is 4.79 Å². The van der Waals surface area contributed by atoms with Crippen LogP contribution in [0.2, 0.25) is 0 Å². The minimum atomic E-state index is 0.0433. The Labute approximate surface area is 150 Å². The lowest BCUT2D eigenvalue weighted by molar-refractivity contribution is 0.181. The number of anilines is 1. The van der Waals surface area contributed by atoms with Crippen molar-refractivity contribution < 1.29 is 4.79 Å².